The Morgan fingerprint density at radius 3 is 2.69 bits per heavy atom. The summed E-state index contributed by atoms with van der Waals surface area (Å²) in [5, 5.41) is 0. The highest BCUT2D eigenvalue weighted by Crippen LogP contribution is 2.29. The quantitative estimate of drug-likeness (QED) is 0.772. The fourth-order valence-electron chi connectivity index (χ4n) is 1.08. The Labute approximate surface area is 95.5 Å². The zero-order valence-corrected chi connectivity index (χ0v) is 10.7. The molecule has 0 unspecified atom stereocenters. The first kappa shape index (κ1) is 10.9. The van der Waals surface area contributed by atoms with Crippen molar-refractivity contribution in [2.75, 3.05) is 0 Å². The van der Waals surface area contributed by atoms with E-state index in [-0.39, 0.29) is 0 Å². The Morgan fingerprint density at radius 1 is 1.46 bits per heavy atom. The van der Waals surface area contributed by atoms with Gasteiger partial charge < -0.3 is 0 Å². The molecule has 13 heavy (non-hydrogen) atoms. The van der Waals surface area contributed by atoms with E-state index >= 15 is 0 Å². The lowest BCUT2D eigenvalue weighted by Crippen LogP contribution is -1.94. The van der Waals surface area contributed by atoms with Gasteiger partial charge in [0.05, 0.1) is 10.2 Å². The van der Waals surface area contributed by atoms with Crippen LogP contribution in [0.5, 0.6) is 0 Å². The first-order chi connectivity index (χ1) is 6.20. The van der Waals surface area contributed by atoms with Crippen LogP contribution in [-0.4, -0.2) is 4.98 Å². The van der Waals surface area contributed by atoms with Crippen LogP contribution in [0.2, 0.25) is 0 Å². The van der Waals surface area contributed by atoms with E-state index in [0.29, 0.717) is 0 Å². The summed E-state index contributed by atoms with van der Waals surface area (Å²) >= 11 is 7.06. The van der Waals surface area contributed by atoms with Gasteiger partial charge in [-0.05, 0) is 50.3 Å². The largest absolute Gasteiger partial charge is 0.260 e. The number of hydrogen-bond donors (Lipinski definition) is 0. The topological polar surface area (TPSA) is 12.9 Å². The normalized spacial score (nSPS) is 10.1. The van der Waals surface area contributed by atoms with E-state index in [0.717, 1.165) is 27.5 Å². The predicted molar refractivity (Wildman–Crippen MR) is 62.9 cm³/mol. The molecule has 0 spiro atoms. The Balaban J connectivity index is 3.14. The molecule has 0 aliphatic rings. The van der Waals surface area contributed by atoms with Gasteiger partial charge in [-0.2, -0.15) is 0 Å². The van der Waals surface area contributed by atoms with Crippen LogP contribution in [0, 0.1) is 0 Å². The number of halogens is 2. The summed E-state index contributed by atoms with van der Waals surface area (Å²) in [6.07, 6.45) is 5.55. The molecule has 3 heteroatoms. The average Bonchev–Trinajstić information content (AvgIpc) is 2.14. The van der Waals surface area contributed by atoms with Gasteiger partial charge in [0.15, 0.2) is 0 Å². The molecule has 70 valence electrons. The minimum absolute atomic E-state index is 0.843. The number of pyridine rings is 1. The number of allylic oxidation sites excluding steroid dienone is 1. The monoisotopic (exact) mass is 303 g/mol. The molecule has 1 aromatic rings. The van der Waals surface area contributed by atoms with E-state index in [1.807, 2.05) is 12.3 Å². The van der Waals surface area contributed by atoms with Crippen molar-refractivity contribution in [3.8, 4) is 0 Å². The molecule has 0 radical (unpaired) electrons. The van der Waals surface area contributed by atoms with Gasteiger partial charge in [-0.1, -0.05) is 13.0 Å². The lowest BCUT2D eigenvalue weighted by Gasteiger charge is -2.06. The zero-order valence-electron chi connectivity index (χ0n) is 7.48. The molecule has 1 heterocycles. The molecule has 1 rings (SSSR count). The maximum Gasteiger partial charge on any atom is 0.0554 e. The molecule has 0 fully saturated rings. The minimum Gasteiger partial charge on any atom is -0.260 e. The van der Waals surface area contributed by atoms with Crippen molar-refractivity contribution < 1.29 is 0 Å². The number of hydrogen-bond acceptors (Lipinski definition) is 1. The number of aromatic nitrogens is 1. The Bertz CT molecular complexity index is 321. The van der Waals surface area contributed by atoms with Crippen LogP contribution in [0.15, 0.2) is 27.8 Å². The molecule has 0 aromatic carbocycles. The van der Waals surface area contributed by atoms with E-state index in [2.05, 4.69) is 50.3 Å². The van der Waals surface area contributed by atoms with Crippen LogP contribution in [0.4, 0.5) is 0 Å². The van der Waals surface area contributed by atoms with E-state index in [4.69, 9.17) is 0 Å². The molecule has 0 aliphatic carbocycles. The summed E-state index contributed by atoms with van der Waals surface area (Å²) < 4.78 is 2.16. The van der Waals surface area contributed by atoms with Crippen molar-refractivity contribution in [2.24, 2.45) is 0 Å². The van der Waals surface area contributed by atoms with Crippen molar-refractivity contribution in [1.82, 2.24) is 4.98 Å². The molecule has 1 nitrogen and oxygen atoms in total. The highest BCUT2D eigenvalue weighted by molar-refractivity contribution is 9.13. The Hall–Kier alpha value is -0.150. The molecule has 0 N–H and O–H groups in total. The van der Waals surface area contributed by atoms with Crippen LogP contribution in [0.3, 0.4) is 0 Å². The third kappa shape index (κ3) is 2.41. The van der Waals surface area contributed by atoms with Gasteiger partial charge in [-0.3, -0.25) is 4.98 Å². The molecule has 0 amide bonds. The van der Waals surface area contributed by atoms with E-state index in [9.17, 15) is 0 Å². The van der Waals surface area contributed by atoms with Crippen LogP contribution in [0.25, 0.3) is 0 Å². The lowest BCUT2D eigenvalue weighted by atomic mass is 10.2. The molecule has 0 aliphatic heterocycles. The smallest absolute Gasteiger partial charge is 0.0554 e. The SMILES string of the molecule is C=CCc1cnc(CC)c(Br)c1Br. The van der Waals surface area contributed by atoms with Gasteiger partial charge in [0.2, 0.25) is 0 Å². The van der Waals surface area contributed by atoms with Crippen molar-refractivity contribution in [3.05, 3.63) is 39.1 Å². The van der Waals surface area contributed by atoms with Crippen molar-refractivity contribution >= 4 is 31.9 Å². The molecular formula is C10H11Br2N. The summed E-state index contributed by atoms with van der Waals surface area (Å²) in [5.74, 6) is 0. The van der Waals surface area contributed by atoms with Gasteiger partial charge in [-0.15, -0.1) is 6.58 Å². The molecule has 0 saturated carbocycles. The average molecular weight is 305 g/mol. The lowest BCUT2D eigenvalue weighted by molar-refractivity contribution is 0.997. The van der Waals surface area contributed by atoms with Gasteiger partial charge in [-0.25, -0.2) is 0 Å². The minimum atomic E-state index is 0.843. The second-order valence-electron chi connectivity index (χ2n) is 2.70. The highest BCUT2D eigenvalue weighted by Gasteiger charge is 2.07. The van der Waals surface area contributed by atoms with Crippen LogP contribution in [-0.2, 0) is 12.8 Å². The Morgan fingerprint density at radius 2 is 2.15 bits per heavy atom. The summed E-state index contributed by atoms with van der Waals surface area (Å²) in [4.78, 5) is 4.35. The highest BCUT2D eigenvalue weighted by atomic mass is 79.9. The second-order valence-corrected chi connectivity index (χ2v) is 4.29. The fourth-order valence-corrected chi connectivity index (χ4v) is 2.21. The van der Waals surface area contributed by atoms with Crippen molar-refractivity contribution in [2.45, 2.75) is 19.8 Å². The maximum atomic E-state index is 4.35. The van der Waals surface area contributed by atoms with Gasteiger partial charge >= 0.3 is 0 Å². The summed E-state index contributed by atoms with van der Waals surface area (Å²) in [5.41, 5.74) is 2.25. The number of nitrogens with zero attached hydrogens (tertiary/aromatic N) is 1. The Kier molecular flexibility index (Phi) is 4.13. The molecule has 0 bridgehead atoms. The van der Waals surface area contributed by atoms with Crippen molar-refractivity contribution in [3.63, 3.8) is 0 Å². The van der Waals surface area contributed by atoms with E-state index < -0.39 is 0 Å². The van der Waals surface area contributed by atoms with E-state index in [1.165, 1.54) is 5.56 Å². The number of aryl methyl sites for hydroxylation is 1. The first-order valence-electron chi connectivity index (χ1n) is 4.13. The standard InChI is InChI=1S/C10H11Br2N/c1-3-5-7-6-13-8(4-2)10(12)9(7)11/h3,6H,1,4-5H2,2H3. The summed E-state index contributed by atoms with van der Waals surface area (Å²) in [7, 11) is 0. The predicted octanol–water partition coefficient (Wildman–Crippen LogP) is 3.90. The first-order valence-corrected chi connectivity index (χ1v) is 5.72. The molecule has 1 aromatic heterocycles. The molecular weight excluding hydrogens is 294 g/mol. The molecule has 0 saturated heterocycles. The maximum absolute atomic E-state index is 4.35. The third-order valence-corrected chi connectivity index (χ3v) is 4.10. The van der Waals surface area contributed by atoms with E-state index in [1.54, 1.807) is 0 Å². The summed E-state index contributed by atoms with van der Waals surface area (Å²) in [6.45, 7) is 5.80. The zero-order chi connectivity index (χ0) is 9.84. The third-order valence-electron chi connectivity index (χ3n) is 1.80. The fraction of sp³-hybridized carbons (Fsp3) is 0.300. The van der Waals surface area contributed by atoms with Gasteiger partial charge in [0.25, 0.3) is 0 Å². The van der Waals surface area contributed by atoms with Gasteiger partial charge in [0, 0.05) is 10.7 Å². The van der Waals surface area contributed by atoms with Crippen LogP contribution < -0.4 is 0 Å². The van der Waals surface area contributed by atoms with Crippen molar-refractivity contribution in [1.29, 1.82) is 0 Å². The van der Waals surface area contributed by atoms with Crippen LogP contribution >= 0.6 is 31.9 Å². The second kappa shape index (κ2) is 4.91. The van der Waals surface area contributed by atoms with Crippen LogP contribution in [0.1, 0.15) is 18.2 Å². The van der Waals surface area contributed by atoms with Gasteiger partial charge in [0.1, 0.15) is 0 Å². The molecule has 0 atom stereocenters. The number of rotatable bonds is 3. The summed E-state index contributed by atoms with van der Waals surface area (Å²) in [6, 6.07) is 0.